The van der Waals surface area contributed by atoms with Crippen LogP contribution in [0.1, 0.15) is 23.2 Å². The first-order valence-electron chi connectivity index (χ1n) is 4.78. The minimum atomic E-state index is -4.76. The zero-order valence-electron chi connectivity index (χ0n) is 8.13. The van der Waals surface area contributed by atoms with Crippen LogP contribution in [-0.2, 0) is 0 Å². The summed E-state index contributed by atoms with van der Waals surface area (Å²) in [6.45, 7) is -4.76. The summed E-state index contributed by atoms with van der Waals surface area (Å²) < 4.78 is 35.6. The SMILES string of the molecule is O=C(CCC[B-](F)(F)F)c1ccccc1. The Morgan fingerprint density at radius 1 is 1.13 bits per heavy atom. The van der Waals surface area contributed by atoms with Crippen molar-refractivity contribution in [1.29, 1.82) is 0 Å². The summed E-state index contributed by atoms with van der Waals surface area (Å²) >= 11 is 0. The Balaban J connectivity index is 2.38. The van der Waals surface area contributed by atoms with Crippen molar-refractivity contribution in [3.05, 3.63) is 35.9 Å². The summed E-state index contributed by atoms with van der Waals surface area (Å²) in [5.74, 6) is -0.226. The van der Waals surface area contributed by atoms with Gasteiger partial charge in [0.25, 0.3) is 0 Å². The van der Waals surface area contributed by atoms with E-state index in [0.29, 0.717) is 5.56 Å². The lowest BCUT2D eigenvalue weighted by Crippen LogP contribution is -2.14. The van der Waals surface area contributed by atoms with Crippen LogP contribution in [0.5, 0.6) is 0 Å². The molecule has 0 spiro atoms. The predicted octanol–water partition coefficient (Wildman–Crippen LogP) is 3.50. The first-order chi connectivity index (χ1) is 6.99. The lowest BCUT2D eigenvalue weighted by atomic mass is 9.83. The maximum Gasteiger partial charge on any atom is 0.478 e. The van der Waals surface area contributed by atoms with Crippen LogP contribution in [0, 0.1) is 0 Å². The number of carbonyl (C=O) groups is 1. The zero-order valence-corrected chi connectivity index (χ0v) is 8.13. The Bertz CT molecular complexity index is 321. The molecule has 1 aromatic carbocycles. The molecule has 0 aliphatic heterocycles. The molecule has 0 bridgehead atoms. The normalized spacial score (nSPS) is 11.4. The fourth-order valence-electron chi connectivity index (χ4n) is 1.26. The fourth-order valence-corrected chi connectivity index (χ4v) is 1.26. The maximum absolute atomic E-state index is 11.9. The molecule has 15 heavy (non-hydrogen) atoms. The van der Waals surface area contributed by atoms with E-state index < -0.39 is 13.3 Å². The van der Waals surface area contributed by atoms with Crippen LogP contribution in [0.3, 0.4) is 0 Å². The lowest BCUT2D eigenvalue weighted by Gasteiger charge is -2.12. The molecule has 1 nitrogen and oxygen atoms in total. The number of rotatable bonds is 5. The molecule has 0 amide bonds. The first kappa shape index (κ1) is 11.8. The van der Waals surface area contributed by atoms with E-state index in [4.69, 9.17) is 0 Å². The fraction of sp³-hybridized carbons (Fsp3) is 0.300. The van der Waals surface area contributed by atoms with Crippen molar-refractivity contribution >= 4 is 12.8 Å². The highest BCUT2D eigenvalue weighted by Gasteiger charge is 2.22. The first-order valence-corrected chi connectivity index (χ1v) is 4.78. The second kappa shape index (κ2) is 5.00. The monoisotopic (exact) mass is 215 g/mol. The van der Waals surface area contributed by atoms with Gasteiger partial charge in [0, 0.05) is 12.0 Å². The number of ketones is 1. The van der Waals surface area contributed by atoms with E-state index >= 15 is 0 Å². The van der Waals surface area contributed by atoms with Crippen LogP contribution in [0.2, 0.25) is 6.32 Å². The van der Waals surface area contributed by atoms with E-state index in [-0.39, 0.29) is 18.6 Å². The van der Waals surface area contributed by atoms with Gasteiger partial charge < -0.3 is 12.9 Å². The van der Waals surface area contributed by atoms with Gasteiger partial charge in [-0.2, -0.15) is 0 Å². The van der Waals surface area contributed by atoms with Gasteiger partial charge in [-0.1, -0.05) is 43.1 Å². The predicted molar refractivity (Wildman–Crippen MR) is 53.9 cm³/mol. The molecule has 1 aromatic rings. The lowest BCUT2D eigenvalue weighted by molar-refractivity contribution is 0.0981. The van der Waals surface area contributed by atoms with Crippen molar-refractivity contribution < 1.29 is 17.7 Å². The van der Waals surface area contributed by atoms with Gasteiger partial charge in [0.05, 0.1) is 0 Å². The highest BCUT2D eigenvalue weighted by Crippen LogP contribution is 2.19. The highest BCUT2D eigenvalue weighted by atomic mass is 19.4. The quantitative estimate of drug-likeness (QED) is 0.542. The molecule has 0 N–H and O–H groups in total. The third kappa shape index (κ3) is 4.67. The summed E-state index contributed by atoms with van der Waals surface area (Å²) in [6.07, 6.45) is -0.985. The van der Waals surface area contributed by atoms with E-state index in [2.05, 4.69) is 0 Å². The molecule has 0 atom stereocenters. The van der Waals surface area contributed by atoms with Crippen LogP contribution in [0.4, 0.5) is 12.9 Å². The van der Waals surface area contributed by atoms with Gasteiger partial charge in [0.15, 0.2) is 5.78 Å². The van der Waals surface area contributed by atoms with E-state index in [0.717, 1.165) is 0 Å². The molecule has 0 heterocycles. The molecular weight excluding hydrogens is 204 g/mol. The second-order valence-corrected chi connectivity index (χ2v) is 3.39. The maximum atomic E-state index is 11.9. The number of hydrogen-bond donors (Lipinski definition) is 0. The van der Waals surface area contributed by atoms with Crippen molar-refractivity contribution in [2.45, 2.75) is 19.2 Å². The summed E-state index contributed by atoms with van der Waals surface area (Å²) in [4.78, 5) is 11.4. The summed E-state index contributed by atoms with van der Waals surface area (Å²) in [6, 6.07) is 8.37. The van der Waals surface area contributed by atoms with Crippen molar-refractivity contribution in [2.75, 3.05) is 0 Å². The molecule has 1 rings (SSSR count). The Kier molecular flexibility index (Phi) is 3.94. The minimum absolute atomic E-state index is 0.0364. The third-order valence-electron chi connectivity index (χ3n) is 2.03. The van der Waals surface area contributed by atoms with Gasteiger partial charge in [0.1, 0.15) is 0 Å². The Morgan fingerprint density at radius 2 is 1.73 bits per heavy atom. The van der Waals surface area contributed by atoms with Crippen LogP contribution >= 0.6 is 0 Å². The van der Waals surface area contributed by atoms with Crippen LogP contribution in [0.15, 0.2) is 30.3 Å². The van der Waals surface area contributed by atoms with Crippen molar-refractivity contribution in [3.8, 4) is 0 Å². The van der Waals surface area contributed by atoms with Crippen molar-refractivity contribution in [3.63, 3.8) is 0 Å². The molecule has 0 aromatic heterocycles. The molecule has 82 valence electrons. The highest BCUT2D eigenvalue weighted by molar-refractivity contribution is 6.58. The molecule has 0 unspecified atom stereocenters. The summed E-state index contributed by atoms with van der Waals surface area (Å²) in [5, 5.41) is 0. The van der Waals surface area contributed by atoms with E-state index in [1.165, 1.54) is 0 Å². The van der Waals surface area contributed by atoms with Crippen molar-refractivity contribution in [1.82, 2.24) is 0 Å². The van der Waals surface area contributed by atoms with Gasteiger partial charge in [0.2, 0.25) is 0 Å². The smallest absolute Gasteiger partial charge is 0.449 e. The largest absolute Gasteiger partial charge is 0.478 e. The second-order valence-electron chi connectivity index (χ2n) is 3.39. The van der Waals surface area contributed by atoms with Crippen LogP contribution in [-0.4, -0.2) is 12.8 Å². The average molecular weight is 215 g/mol. The van der Waals surface area contributed by atoms with Gasteiger partial charge in [-0.25, -0.2) is 0 Å². The Hall–Kier alpha value is -1.26. The average Bonchev–Trinajstić information content (AvgIpc) is 2.17. The zero-order chi connectivity index (χ0) is 11.3. The minimum Gasteiger partial charge on any atom is -0.449 e. The van der Waals surface area contributed by atoms with E-state index in [1.807, 2.05) is 0 Å². The van der Waals surface area contributed by atoms with Gasteiger partial charge in [-0.05, 0) is 0 Å². The number of halogens is 3. The van der Waals surface area contributed by atoms with E-state index in [9.17, 15) is 17.7 Å². The molecule has 0 aliphatic rings. The van der Waals surface area contributed by atoms with Crippen LogP contribution in [0.25, 0.3) is 0 Å². The van der Waals surface area contributed by atoms with Gasteiger partial charge >= 0.3 is 6.98 Å². The van der Waals surface area contributed by atoms with E-state index in [1.54, 1.807) is 30.3 Å². The van der Waals surface area contributed by atoms with Gasteiger partial charge in [-0.3, -0.25) is 4.79 Å². The molecule has 5 heteroatoms. The number of hydrogen-bond acceptors (Lipinski definition) is 1. The molecule has 0 saturated carbocycles. The molecule has 0 radical (unpaired) electrons. The Labute approximate surface area is 86.4 Å². The summed E-state index contributed by atoms with van der Waals surface area (Å²) in [5.41, 5.74) is 0.479. The van der Waals surface area contributed by atoms with Crippen LogP contribution < -0.4 is 0 Å². The topological polar surface area (TPSA) is 17.1 Å². The van der Waals surface area contributed by atoms with Crippen molar-refractivity contribution in [2.24, 2.45) is 0 Å². The number of carbonyl (C=O) groups excluding carboxylic acids is 1. The standard InChI is InChI=1S/C10H11BF3O/c12-11(13,14)8-4-7-10(15)9-5-2-1-3-6-9/h1-3,5-6H,4,7-8H2/q-1. The third-order valence-corrected chi connectivity index (χ3v) is 2.03. The Morgan fingerprint density at radius 3 is 2.27 bits per heavy atom. The summed E-state index contributed by atoms with van der Waals surface area (Å²) in [7, 11) is 0. The number of benzene rings is 1. The number of Topliss-reactive ketones (excluding diaryl/α,β-unsaturated/α-hetero) is 1. The van der Waals surface area contributed by atoms with Gasteiger partial charge in [-0.15, -0.1) is 0 Å². The molecule has 0 saturated heterocycles. The molecular formula is C10H11BF3O-. The molecule has 0 aliphatic carbocycles. The molecule has 0 fully saturated rings.